The molecule has 4 aromatic rings. The lowest BCUT2D eigenvalue weighted by Crippen LogP contribution is -2.39. The summed E-state index contributed by atoms with van der Waals surface area (Å²) < 4.78 is 30.7. The molecule has 2 heterocycles. The molecule has 0 aliphatic rings. The summed E-state index contributed by atoms with van der Waals surface area (Å²) in [5.41, 5.74) is 1.91. The minimum atomic E-state index is -1.29. The third-order valence-corrected chi connectivity index (χ3v) is 5.65. The van der Waals surface area contributed by atoms with E-state index in [1.165, 1.54) is 18.2 Å². The minimum absolute atomic E-state index is 0.0265. The molecule has 2 aromatic carbocycles. The quantitative estimate of drug-likeness (QED) is 0.268. The van der Waals surface area contributed by atoms with Crippen LogP contribution in [0, 0.1) is 23.0 Å². The van der Waals surface area contributed by atoms with Crippen LogP contribution in [-0.2, 0) is 6.54 Å². The van der Waals surface area contributed by atoms with E-state index in [1.807, 2.05) is 29.8 Å². The van der Waals surface area contributed by atoms with Crippen molar-refractivity contribution in [2.24, 2.45) is 0 Å². The number of fused-ring (bicyclic) bond motifs is 1. The number of nitrogens with zero attached hydrogens (tertiary/aromatic N) is 4. The fourth-order valence-electron chi connectivity index (χ4n) is 3.95. The summed E-state index contributed by atoms with van der Waals surface area (Å²) in [6.45, 7) is 4.26. The highest BCUT2D eigenvalue weighted by molar-refractivity contribution is 5.83. The number of anilines is 3. The van der Waals surface area contributed by atoms with Crippen molar-refractivity contribution in [3.05, 3.63) is 77.5 Å². The Morgan fingerprint density at radius 1 is 1.19 bits per heavy atom. The molecule has 0 bridgehead atoms. The van der Waals surface area contributed by atoms with Gasteiger partial charge in [0.1, 0.15) is 11.9 Å². The van der Waals surface area contributed by atoms with Crippen LogP contribution in [0.15, 0.2) is 54.7 Å². The topological polar surface area (TPSA) is 128 Å². The number of nitriles is 1. The maximum absolute atomic E-state index is 15.0. The van der Waals surface area contributed by atoms with Gasteiger partial charge in [0, 0.05) is 17.6 Å². The van der Waals surface area contributed by atoms with Gasteiger partial charge in [-0.25, -0.2) is 18.6 Å². The first kappa shape index (κ1) is 24.4. The van der Waals surface area contributed by atoms with Gasteiger partial charge in [-0.3, -0.25) is 4.68 Å². The molecule has 0 spiro atoms. The molecule has 0 unspecified atom stereocenters. The van der Waals surface area contributed by atoms with Gasteiger partial charge in [-0.15, -0.1) is 0 Å². The van der Waals surface area contributed by atoms with E-state index in [-0.39, 0.29) is 17.2 Å². The highest BCUT2D eigenvalue weighted by atomic mass is 19.1. The van der Waals surface area contributed by atoms with Crippen LogP contribution in [0.3, 0.4) is 0 Å². The lowest BCUT2D eigenvalue weighted by Gasteiger charge is -2.26. The lowest BCUT2D eigenvalue weighted by molar-refractivity contribution is 0.189. The van der Waals surface area contributed by atoms with Gasteiger partial charge in [-0.2, -0.15) is 10.4 Å². The molecule has 0 aliphatic heterocycles. The molecule has 0 radical (unpaired) electrons. The SMILES string of the molecule is CCn1ncc2cc(Nc3nc(N[C@@H](c4cccc(F)c4)[C@H](C)NC(=O)O)c(F)cc3C#N)ccc21. The number of carbonyl (C=O) groups is 1. The molecule has 4 rings (SSSR count). The van der Waals surface area contributed by atoms with Crippen LogP contribution in [-0.4, -0.2) is 32.0 Å². The number of aryl methyl sites for hydroxylation is 1. The van der Waals surface area contributed by atoms with Gasteiger partial charge < -0.3 is 21.1 Å². The summed E-state index contributed by atoms with van der Waals surface area (Å²) >= 11 is 0. The van der Waals surface area contributed by atoms with Crippen molar-refractivity contribution < 1.29 is 18.7 Å². The zero-order valence-corrected chi connectivity index (χ0v) is 19.5. The first-order chi connectivity index (χ1) is 17.3. The first-order valence-corrected chi connectivity index (χ1v) is 11.1. The molecule has 2 aromatic heterocycles. The van der Waals surface area contributed by atoms with Gasteiger partial charge in [-0.05, 0) is 55.8 Å². The monoisotopic (exact) mass is 491 g/mol. The maximum Gasteiger partial charge on any atom is 0.404 e. The molecule has 1 amide bonds. The van der Waals surface area contributed by atoms with Gasteiger partial charge >= 0.3 is 6.09 Å². The van der Waals surface area contributed by atoms with Crippen LogP contribution in [0.25, 0.3) is 10.9 Å². The number of amides is 1. The number of rotatable bonds is 8. The van der Waals surface area contributed by atoms with Crippen molar-refractivity contribution in [1.82, 2.24) is 20.1 Å². The van der Waals surface area contributed by atoms with Crippen LogP contribution in [0.1, 0.15) is 31.0 Å². The Labute approximate surface area is 205 Å². The molecule has 0 saturated heterocycles. The second kappa shape index (κ2) is 10.3. The molecular formula is C25H23F2N7O2. The van der Waals surface area contributed by atoms with E-state index in [0.29, 0.717) is 17.8 Å². The highest BCUT2D eigenvalue weighted by Gasteiger charge is 2.24. The normalized spacial score (nSPS) is 12.5. The fourth-order valence-corrected chi connectivity index (χ4v) is 3.95. The van der Waals surface area contributed by atoms with Crippen LogP contribution in [0.5, 0.6) is 0 Å². The molecule has 2 atom stereocenters. The van der Waals surface area contributed by atoms with Crippen molar-refractivity contribution in [1.29, 1.82) is 5.26 Å². The van der Waals surface area contributed by atoms with Crippen LogP contribution in [0.2, 0.25) is 0 Å². The van der Waals surface area contributed by atoms with Gasteiger partial charge in [0.15, 0.2) is 17.5 Å². The van der Waals surface area contributed by atoms with Crippen molar-refractivity contribution in [3.8, 4) is 6.07 Å². The van der Waals surface area contributed by atoms with Crippen LogP contribution >= 0.6 is 0 Å². The number of hydrogen-bond donors (Lipinski definition) is 4. The molecule has 184 valence electrons. The summed E-state index contributed by atoms with van der Waals surface area (Å²) in [6, 6.07) is 12.4. The van der Waals surface area contributed by atoms with Crippen molar-refractivity contribution >= 4 is 34.3 Å². The second-order valence-corrected chi connectivity index (χ2v) is 8.10. The Kier molecular flexibility index (Phi) is 6.96. The van der Waals surface area contributed by atoms with E-state index in [9.17, 15) is 18.8 Å². The standard InChI is InChI=1S/C25H23F2N7O2/c1-3-34-21-8-7-19(10-17(21)13-29-34)31-23-16(12-28)11-20(27)24(33-23)32-22(14(2)30-25(35)36)15-5-4-6-18(26)9-15/h4-11,13-14,22,30H,3H2,1-2H3,(H,35,36)(H2,31,32,33)/t14-,22+/m0/s1. The fraction of sp³-hybridized carbons (Fsp3) is 0.200. The zero-order chi connectivity index (χ0) is 25.8. The Bertz CT molecular complexity index is 1460. The Morgan fingerprint density at radius 2 is 2.00 bits per heavy atom. The second-order valence-electron chi connectivity index (χ2n) is 8.10. The highest BCUT2D eigenvalue weighted by Crippen LogP contribution is 2.29. The Morgan fingerprint density at radius 3 is 2.69 bits per heavy atom. The Balaban J connectivity index is 1.69. The zero-order valence-electron chi connectivity index (χ0n) is 19.5. The summed E-state index contributed by atoms with van der Waals surface area (Å²) in [4.78, 5) is 15.5. The third kappa shape index (κ3) is 5.17. The van der Waals surface area contributed by atoms with Crippen molar-refractivity contribution in [3.63, 3.8) is 0 Å². The van der Waals surface area contributed by atoms with E-state index >= 15 is 0 Å². The summed E-state index contributed by atoms with van der Waals surface area (Å²) in [7, 11) is 0. The molecular weight excluding hydrogens is 468 g/mol. The van der Waals surface area contributed by atoms with Crippen molar-refractivity contribution in [2.75, 3.05) is 10.6 Å². The number of aromatic nitrogens is 3. The third-order valence-electron chi connectivity index (χ3n) is 5.65. The molecule has 11 heteroatoms. The van der Waals surface area contributed by atoms with Crippen LogP contribution in [0.4, 0.5) is 30.9 Å². The summed E-state index contributed by atoms with van der Waals surface area (Å²) in [6.07, 6.45) is 0.434. The number of halogens is 2. The molecule has 36 heavy (non-hydrogen) atoms. The first-order valence-electron chi connectivity index (χ1n) is 11.1. The Hall–Kier alpha value is -4.72. The summed E-state index contributed by atoms with van der Waals surface area (Å²) in [5.74, 6) is -1.48. The van der Waals surface area contributed by atoms with E-state index in [4.69, 9.17) is 5.11 Å². The number of benzene rings is 2. The van der Waals surface area contributed by atoms with E-state index in [1.54, 1.807) is 25.3 Å². The predicted octanol–water partition coefficient (Wildman–Crippen LogP) is 5.15. The number of pyridine rings is 1. The van der Waals surface area contributed by atoms with E-state index in [0.717, 1.165) is 17.0 Å². The van der Waals surface area contributed by atoms with E-state index in [2.05, 4.69) is 26.0 Å². The molecule has 4 N–H and O–H groups in total. The summed E-state index contributed by atoms with van der Waals surface area (Å²) in [5, 5.41) is 32.1. The average Bonchev–Trinajstić information content (AvgIpc) is 3.25. The van der Waals surface area contributed by atoms with Gasteiger partial charge in [0.2, 0.25) is 0 Å². The minimum Gasteiger partial charge on any atom is -0.465 e. The molecule has 0 aliphatic carbocycles. The molecule has 0 fully saturated rings. The molecule has 9 nitrogen and oxygen atoms in total. The van der Waals surface area contributed by atoms with E-state index < -0.39 is 29.8 Å². The number of nitrogens with one attached hydrogen (secondary N) is 3. The lowest BCUT2D eigenvalue weighted by atomic mass is 10.00. The maximum atomic E-state index is 15.0. The van der Waals surface area contributed by atoms with Crippen molar-refractivity contribution in [2.45, 2.75) is 32.5 Å². The average molecular weight is 492 g/mol. The smallest absolute Gasteiger partial charge is 0.404 e. The number of hydrogen-bond acceptors (Lipinski definition) is 6. The number of carboxylic acid groups (broad SMARTS) is 1. The van der Waals surface area contributed by atoms with Gasteiger partial charge in [-0.1, -0.05) is 12.1 Å². The van der Waals surface area contributed by atoms with Crippen LogP contribution < -0.4 is 16.0 Å². The largest absolute Gasteiger partial charge is 0.465 e. The molecule has 0 saturated carbocycles. The predicted molar refractivity (Wildman–Crippen MR) is 131 cm³/mol. The van der Waals surface area contributed by atoms with Gasteiger partial charge in [0.25, 0.3) is 0 Å². The van der Waals surface area contributed by atoms with Gasteiger partial charge in [0.05, 0.1) is 29.4 Å².